The molecule has 5 atom stereocenters. The molecule has 1 N–H and O–H groups in total. The van der Waals surface area contributed by atoms with Crippen molar-refractivity contribution < 1.29 is 33.7 Å². The number of hydrogen-bond donors (Lipinski definition) is 1. The highest BCUT2D eigenvalue weighted by molar-refractivity contribution is 5.87. The van der Waals surface area contributed by atoms with Crippen LogP contribution in [0.5, 0.6) is 0 Å². The molecule has 1 fully saturated rings. The van der Waals surface area contributed by atoms with Crippen LogP contribution >= 0.6 is 0 Å². The molecule has 1 aliphatic rings. The molecule has 7 nitrogen and oxygen atoms in total. The van der Waals surface area contributed by atoms with E-state index in [1.807, 2.05) is 13.8 Å². The molecule has 1 rings (SSSR count). The molecule has 0 aromatic rings. The van der Waals surface area contributed by atoms with Gasteiger partial charge in [-0.15, -0.1) is 0 Å². The van der Waals surface area contributed by atoms with Crippen LogP contribution in [0.2, 0.25) is 0 Å². The molecule has 0 spiro atoms. The molecular formula is C36H62O7. The normalized spacial score (nSPS) is 20.8. The lowest BCUT2D eigenvalue weighted by Gasteiger charge is -2.26. The van der Waals surface area contributed by atoms with Gasteiger partial charge in [-0.05, 0) is 65.2 Å². The molecule has 0 saturated heterocycles. The lowest BCUT2D eigenvalue weighted by Crippen LogP contribution is -2.28. The summed E-state index contributed by atoms with van der Waals surface area (Å²) in [7, 11) is 0. The van der Waals surface area contributed by atoms with Crippen molar-refractivity contribution in [3.8, 4) is 0 Å². The second-order valence-corrected chi connectivity index (χ2v) is 12.6. The average Bonchev–Trinajstić information content (AvgIpc) is 3.25. The summed E-state index contributed by atoms with van der Waals surface area (Å²) in [6.07, 6.45) is 18.5. The van der Waals surface area contributed by atoms with Crippen LogP contribution in [0.4, 0.5) is 0 Å². The number of esters is 3. The van der Waals surface area contributed by atoms with Gasteiger partial charge < -0.3 is 19.3 Å². The first kappa shape index (κ1) is 38.9. The molecule has 1 aliphatic carbocycles. The largest absolute Gasteiger partial charge is 0.463 e. The second-order valence-electron chi connectivity index (χ2n) is 12.6. The van der Waals surface area contributed by atoms with Crippen LogP contribution in [0.25, 0.3) is 0 Å². The number of allylic oxidation sites excluding steroid dienone is 2. The van der Waals surface area contributed by atoms with Gasteiger partial charge in [-0.25, -0.2) is 4.79 Å². The zero-order valence-electron chi connectivity index (χ0n) is 28.0. The van der Waals surface area contributed by atoms with Crippen molar-refractivity contribution in [1.29, 1.82) is 0 Å². The number of unbranched alkanes of at least 4 members (excludes halogenated alkanes) is 8. The Labute approximate surface area is 262 Å². The van der Waals surface area contributed by atoms with Crippen molar-refractivity contribution in [2.24, 2.45) is 11.8 Å². The summed E-state index contributed by atoms with van der Waals surface area (Å²) in [6, 6.07) is 0. The third-order valence-corrected chi connectivity index (χ3v) is 8.33. The molecule has 0 radical (unpaired) electrons. The van der Waals surface area contributed by atoms with Gasteiger partial charge in [0.1, 0.15) is 12.2 Å². The molecule has 0 aromatic carbocycles. The summed E-state index contributed by atoms with van der Waals surface area (Å²) >= 11 is 0. The number of aliphatic hydroxyl groups excluding tert-OH is 1. The average molecular weight is 607 g/mol. The molecule has 0 unspecified atom stereocenters. The minimum atomic E-state index is -0.403. The predicted molar refractivity (Wildman–Crippen MR) is 172 cm³/mol. The Morgan fingerprint density at radius 2 is 1.49 bits per heavy atom. The van der Waals surface area contributed by atoms with Gasteiger partial charge in [0.05, 0.1) is 12.2 Å². The van der Waals surface area contributed by atoms with E-state index in [1.165, 1.54) is 32.6 Å². The summed E-state index contributed by atoms with van der Waals surface area (Å²) < 4.78 is 17.0. The summed E-state index contributed by atoms with van der Waals surface area (Å²) in [6.45, 7) is 13.5. The number of carbonyl (C=O) groups is 3. The van der Waals surface area contributed by atoms with Crippen molar-refractivity contribution >= 4 is 17.9 Å². The number of aliphatic hydroxyl groups is 1. The van der Waals surface area contributed by atoms with Gasteiger partial charge in [-0.1, -0.05) is 83.9 Å². The summed E-state index contributed by atoms with van der Waals surface area (Å²) in [5, 5.41) is 10.7. The SMILES string of the molecule is C=C(CCCCCCCC)C(=O)O[C@@H]1C[C@H](OC(C)=O)[C@H](C/C=C\CCCC(=O)OC(C)C)[C@H]1CC[C@@H](O)CCCCC. The van der Waals surface area contributed by atoms with Crippen molar-refractivity contribution in [2.45, 2.75) is 175 Å². The van der Waals surface area contributed by atoms with Gasteiger partial charge in [0, 0.05) is 37.2 Å². The van der Waals surface area contributed by atoms with E-state index < -0.39 is 12.2 Å². The van der Waals surface area contributed by atoms with E-state index in [4.69, 9.17) is 14.2 Å². The molecule has 1 saturated carbocycles. The van der Waals surface area contributed by atoms with Crippen molar-refractivity contribution in [3.63, 3.8) is 0 Å². The van der Waals surface area contributed by atoms with E-state index in [-0.39, 0.29) is 42.0 Å². The topological polar surface area (TPSA) is 99.1 Å². The number of rotatable bonds is 24. The third kappa shape index (κ3) is 17.7. The maximum atomic E-state index is 13.1. The van der Waals surface area contributed by atoms with Crippen LogP contribution in [0, 0.1) is 11.8 Å². The highest BCUT2D eigenvalue weighted by Crippen LogP contribution is 2.42. The van der Waals surface area contributed by atoms with Crippen LogP contribution < -0.4 is 0 Å². The Kier molecular flexibility index (Phi) is 21.0. The van der Waals surface area contributed by atoms with Gasteiger partial charge in [-0.2, -0.15) is 0 Å². The van der Waals surface area contributed by atoms with E-state index in [9.17, 15) is 19.5 Å². The number of hydrogen-bond acceptors (Lipinski definition) is 7. The predicted octanol–water partition coefficient (Wildman–Crippen LogP) is 8.56. The van der Waals surface area contributed by atoms with Crippen molar-refractivity contribution in [2.75, 3.05) is 0 Å². The van der Waals surface area contributed by atoms with Crippen molar-refractivity contribution in [1.82, 2.24) is 0 Å². The molecule has 0 aliphatic heterocycles. The Morgan fingerprint density at radius 1 is 0.837 bits per heavy atom. The number of carbonyl (C=O) groups excluding carboxylic acids is 3. The first-order chi connectivity index (χ1) is 20.6. The maximum Gasteiger partial charge on any atom is 0.333 e. The lowest BCUT2D eigenvalue weighted by molar-refractivity contribution is -0.149. The van der Waals surface area contributed by atoms with Crippen LogP contribution in [-0.2, 0) is 28.6 Å². The van der Waals surface area contributed by atoms with Gasteiger partial charge >= 0.3 is 17.9 Å². The van der Waals surface area contributed by atoms with E-state index in [0.29, 0.717) is 50.5 Å². The molecule has 43 heavy (non-hydrogen) atoms. The first-order valence-electron chi connectivity index (χ1n) is 17.2. The standard InChI is InChI=1S/C36H62O7/c1-7-9-11-12-13-17-20-28(5)36(40)43-34-26-33(42-29(6)37)31(32(34)25-24-30(38)21-16-10-8-2)22-18-14-15-19-23-35(39)41-27(3)4/h14,18,27,30-34,38H,5,7-13,15-17,19-26H2,1-4,6H3/b18-14-/t30-,31+,32+,33-,34+/m0/s1. The van der Waals surface area contributed by atoms with Crippen molar-refractivity contribution in [3.05, 3.63) is 24.3 Å². The van der Waals surface area contributed by atoms with E-state index in [1.54, 1.807) is 0 Å². The lowest BCUT2D eigenvalue weighted by atomic mass is 9.85. The molecular weight excluding hydrogens is 544 g/mol. The molecule has 0 aromatic heterocycles. The summed E-state index contributed by atoms with van der Waals surface area (Å²) in [5.41, 5.74) is 0.497. The summed E-state index contributed by atoms with van der Waals surface area (Å²) in [4.78, 5) is 36.9. The molecule has 0 heterocycles. The van der Waals surface area contributed by atoms with Gasteiger partial charge in [-0.3, -0.25) is 9.59 Å². The third-order valence-electron chi connectivity index (χ3n) is 8.33. The zero-order valence-corrected chi connectivity index (χ0v) is 28.0. The first-order valence-corrected chi connectivity index (χ1v) is 17.2. The van der Waals surface area contributed by atoms with Crippen LogP contribution in [0.15, 0.2) is 24.3 Å². The Morgan fingerprint density at radius 3 is 2.16 bits per heavy atom. The fraction of sp³-hybridized carbons (Fsp3) is 0.806. The fourth-order valence-corrected chi connectivity index (χ4v) is 6.00. The van der Waals surface area contributed by atoms with E-state index in [2.05, 4.69) is 32.6 Å². The molecule has 7 heteroatoms. The second kappa shape index (κ2) is 23.3. The zero-order chi connectivity index (χ0) is 32.0. The Bertz CT molecular complexity index is 833. The minimum absolute atomic E-state index is 0.0291. The minimum Gasteiger partial charge on any atom is -0.463 e. The van der Waals surface area contributed by atoms with Gasteiger partial charge in [0.25, 0.3) is 0 Å². The highest BCUT2D eigenvalue weighted by Gasteiger charge is 2.46. The molecule has 248 valence electrons. The maximum absolute atomic E-state index is 13.1. The van der Waals surface area contributed by atoms with Crippen LogP contribution in [0.1, 0.15) is 150 Å². The van der Waals surface area contributed by atoms with E-state index >= 15 is 0 Å². The number of ether oxygens (including phenoxy) is 3. The molecule has 0 bridgehead atoms. The van der Waals surface area contributed by atoms with Gasteiger partial charge in [0.15, 0.2) is 0 Å². The van der Waals surface area contributed by atoms with Crippen LogP contribution in [-0.4, -0.2) is 47.4 Å². The monoisotopic (exact) mass is 606 g/mol. The molecule has 0 amide bonds. The summed E-state index contributed by atoms with van der Waals surface area (Å²) in [5.74, 6) is -0.965. The van der Waals surface area contributed by atoms with Crippen LogP contribution in [0.3, 0.4) is 0 Å². The Balaban J connectivity index is 2.88. The highest BCUT2D eigenvalue weighted by atomic mass is 16.6. The fourth-order valence-electron chi connectivity index (χ4n) is 6.00. The smallest absolute Gasteiger partial charge is 0.333 e. The van der Waals surface area contributed by atoms with E-state index in [0.717, 1.165) is 44.9 Å². The van der Waals surface area contributed by atoms with Gasteiger partial charge in [0.2, 0.25) is 0 Å². The Hall–Kier alpha value is -2.15. The quantitative estimate of drug-likeness (QED) is 0.0386.